The van der Waals surface area contributed by atoms with Crippen molar-refractivity contribution in [2.24, 2.45) is 5.92 Å². The van der Waals surface area contributed by atoms with Crippen LogP contribution in [0.1, 0.15) is 37.3 Å². The van der Waals surface area contributed by atoms with Crippen molar-refractivity contribution in [2.75, 3.05) is 40.4 Å². The fourth-order valence-electron chi connectivity index (χ4n) is 4.13. The molecule has 1 saturated carbocycles. The number of para-hydroxylation sites is 1. The van der Waals surface area contributed by atoms with Crippen LogP contribution in [0.25, 0.3) is 0 Å². The summed E-state index contributed by atoms with van der Waals surface area (Å²) in [6, 6.07) is 6.77. The van der Waals surface area contributed by atoms with Crippen molar-refractivity contribution in [3.8, 4) is 11.5 Å². The van der Waals surface area contributed by atoms with Crippen molar-refractivity contribution in [1.29, 1.82) is 0 Å². The Bertz CT molecular complexity index is 490. The third-order valence-corrected chi connectivity index (χ3v) is 5.14. The Kier molecular flexibility index (Phi) is 9.21. The molecule has 1 aromatic rings. The molecule has 0 spiro atoms. The standard InChI is InChI=1S/C18H28N2O2.2ClH/c1-21-16-9-5-8-15(18(16)22-2)17(14-6-3-4-7-14)20-12-10-19-11-13-20;;/h5,8-9,14,17,19H,3-4,6-7,10-13H2,1-2H3;2*1H/t17-;;/m1../s1. The van der Waals surface area contributed by atoms with E-state index in [9.17, 15) is 0 Å². The van der Waals surface area contributed by atoms with Crippen LogP contribution in [0.4, 0.5) is 0 Å². The first-order valence-corrected chi connectivity index (χ1v) is 8.51. The van der Waals surface area contributed by atoms with Crippen LogP contribution in [0.2, 0.25) is 0 Å². The molecule has 0 amide bonds. The molecule has 1 heterocycles. The molecule has 1 N–H and O–H groups in total. The summed E-state index contributed by atoms with van der Waals surface area (Å²) in [6.45, 7) is 4.38. The number of ether oxygens (including phenoxy) is 2. The van der Waals surface area contributed by atoms with E-state index in [2.05, 4.69) is 22.3 Å². The van der Waals surface area contributed by atoms with Crippen LogP contribution in [0, 0.1) is 5.92 Å². The first-order chi connectivity index (χ1) is 10.8. The second-order valence-corrected chi connectivity index (χ2v) is 6.36. The minimum absolute atomic E-state index is 0. The number of hydrogen-bond acceptors (Lipinski definition) is 4. The van der Waals surface area contributed by atoms with Gasteiger partial charge in [-0.15, -0.1) is 24.8 Å². The van der Waals surface area contributed by atoms with Crippen LogP contribution in [-0.2, 0) is 0 Å². The van der Waals surface area contributed by atoms with Gasteiger partial charge in [0.25, 0.3) is 0 Å². The number of methoxy groups -OCH3 is 2. The van der Waals surface area contributed by atoms with Gasteiger partial charge in [0.05, 0.1) is 14.2 Å². The summed E-state index contributed by atoms with van der Waals surface area (Å²) >= 11 is 0. The van der Waals surface area contributed by atoms with Crippen LogP contribution < -0.4 is 14.8 Å². The first-order valence-electron chi connectivity index (χ1n) is 8.51. The molecule has 1 aliphatic heterocycles. The highest BCUT2D eigenvalue weighted by Crippen LogP contribution is 2.45. The summed E-state index contributed by atoms with van der Waals surface area (Å²) in [7, 11) is 3.47. The molecule has 0 unspecified atom stereocenters. The number of piperazine rings is 1. The van der Waals surface area contributed by atoms with E-state index < -0.39 is 0 Å². The number of halogens is 2. The maximum absolute atomic E-state index is 5.73. The molecule has 2 fully saturated rings. The van der Waals surface area contributed by atoms with Gasteiger partial charge in [-0.05, 0) is 24.8 Å². The van der Waals surface area contributed by atoms with Crippen LogP contribution in [0.15, 0.2) is 18.2 Å². The quantitative estimate of drug-likeness (QED) is 0.849. The predicted octanol–water partition coefficient (Wildman–Crippen LogP) is 3.68. The third kappa shape index (κ3) is 4.48. The van der Waals surface area contributed by atoms with Gasteiger partial charge >= 0.3 is 0 Å². The number of nitrogens with one attached hydrogen (secondary N) is 1. The minimum Gasteiger partial charge on any atom is -0.493 e. The Balaban J connectivity index is 0.00000144. The van der Waals surface area contributed by atoms with E-state index in [4.69, 9.17) is 9.47 Å². The number of benzene rings is 1. The summed E-state index contributed by atoms with van der Waals surface area (Å²) in [4.78, 5) is 2.64. The largest absolute Gasteiger partial charge is 0.493 e. The van der Waals surface area contributed by atoms with Gasteiger partial charge < -0.3 is 14.8 Å². The lowest BCUT2D eigenvalue weighted by Gasteiger charge is -2.39. The molecule has 24 heavy (non-hydrogen) atoms. The fourth-order valence-corrected chi connectivity index (χ4v) is 4.13. The zero-order valence-corrected chi connectivity index (χ0v) is 16.3. The van der Waals surface area contributed by atoms with Gasteiger partial charge in [-0.3, -0.25) is 4.90 Å². The van der Waals surface area contributed by atoms with Crippen molar-refractivity contribution in [1.82, 2.24) is 10.2 Å². The maximum Gasteiger partial charge on any atom is 0.165 e. The average Bonchev–Trinajstić information content (AvgIpc) is 3.10. The first kappa shape index (κ1) is 21.4. The summed E-state index contributed by atoms with van der Waals surface area (Å²) < 4.78 is 11.3. The third-order valence-electron chi connectivity index (χ3n) is 5.14. The number of nitrogens with zero attached hydrogens (tertiary/aromatic N) is 1. The molecule has 2 aliphatic rings. The Hall–Kier alpha value is -0.680. The van der Waals surface area contributed by atoms with Gasteiger partial charge in [-0.1, -0.05) is 25.0 Å². The molecule has 0 radical (unpaired) electrons. The SMILES string of the molecule is COc1cccc([C@@H](C2CCCC2)N2CCNCC2)c1OC.Cl.Cl. The monoisotopic (exact) mass is 376 g/mol. The summed E-state index contributed by atoms with van der Waals surface area (Å²) in [5.74, 6) is 2.50. The van der Waals surface area contributed by atoms with Crippen LogP contribution in [0.5, 0.6) is 11.5 Å². The van der Waals surface area contributed by atoms with E-state index in [0.717, 1.165) is 43.6 Å². The Morgan fingerprint density at radius 2 is 1.71 bits per heavy atom. The van der Waals surface area contributed by atoms with Crippen LogP contribution >= 0.6 is 24.8 Å². The second-order valence-electron chi connectivity index (χ2n) is 6.36. The van der Waals surface area contributed by atoms with Crippen molar-refractivity contribution >= 4 is 24.8 Å². The Labute approximate surface area is 158 Å². The van der Waals surface area contributed by atoms with Gasteiger partial charge in [-0.25, -0.2) is 0 Å². The van der Waals surface area contributed by atoms with Crippen molar-refractivity contribution in [3.63, 3.8) is 0 Å². The van der Waals surface area contributed by atoms with Gasteiger partial charge in [-0.2, -0.15) is 0 Å². The van der Waals surface area contributed by atoms with Crippen molar-refractivity contribution in [3.05, 3.63) is 23.8 Å². The second kappa shape index (κ2) is 10.3. The summed E-state index contributed by atoms with van der Waals surface area (Å²) in [5.41, 5.74) is 1.30. The molecular weight excluding hydrogens is 347 g/mol. The van der Waals surface area contributed by atoms with E-state index >= 15 is 0 Å². The van der Waals surface area contributed by atoms with E-state index in [1.165, 1.54) is 31.2 Å². The lowest BCUT2D eigenvalue weighted by molar-refractivity contribution is 0.122. The van der Waals surface area contributed by atoms with Gasteiger partial charge in [0.15, 0.2) is 11.5 Å². The normalized spacial score (nSPS) is 19.9. The molecule has 1 atom stereocenters. The molecule has 1 aromatic carbocycles. The van der Waals surface area contributed by atoms with E-state index in [0.29, 0.717) is 6.04 Å². The van der Waals surface area contributed by atoms with Gasteiger partial charge in [0, 0.05) is 37.8 Å². The highest BCUT2D eigenvalue weighted by atomic mass is 35.5. The summed E-state index contributed by atoms with van der Waals surface area (Å²) in [5, 5.41) is 3.47. The van der Waals surface area contributed by atoms with Crippen LogP contribution in [-0.4, -0.2) is 45.3 Å². The molecule has 1 saturated heterocycles. The zero-order chi connectivity index (χ0) is 15.4. The van der Waals surface area contributed by atoms with Crippen molar-refractivity contribution in [2.45, 2.75) is 31.7 Å². The topological polar surface area (TPSA) is 33.7 Å². The lowest BCUT2D eigenvalue weighted by atomic mass is 9.89. The minimum atomic E-state index is 0. The molecule has 1 aliphatic carbocycles. The zero-order valence-electron chi connectivity index (χ0n) is 14.6. The van der Waals surface area contributed by atoms with Crippen LogP contribution in [0.3, 0.4) is 0 Å². The predicted molar refractivity (Wildman–Crippen MR) is 103 cm³/mol. The molecule has 138 valence electrons. The highest BCUT2D eigenvalue weighted by molar-refractivity contribution is 5.85. The average molecular weight is 377 g/mol. The van der Waals surface area contributed by atoms with E-state index in [-0.39, 0.29) is 24.8 Å². The summed E-state index contributed by atoms with van der Waals surface area (Å²) in [6.07, 6.45) is 5.38. The Morgan fingerprint density at radius 1 is 1.04 bits per heavy atom. The van der Waals surface area contributed by atoms with E-state index in [1.54, 1.807) is 14.2 Å². The highest BCUT2D eigenvalue weighted by Gasteiger charge is 2.34. The maximum atomic E-state index is 5.73. The smallest absolute Gasteiger partial charge is 0.165 e. The lowest BCUT2D eigenvalue weighted by Crippen LogP contribution is -2.46. The van der Waals surface area contributed by atoms with Gasteiger partial charge in [0.1, 0.15) is 0 Å². The molecule has 6 heteroatoms. The van der Waals surface area contributed by atoms with Crippen molar-refractivity contribution < 1.29 is 9.47 Å². The number of rotatable bonds is 5. The Morgan fingerprint density at radius 3 is 2.29 bits per heavy atom. The molecule has 3 rings (SSSR count). The fraction of sp³-hybridized carbons (Fsp3) is 0.667. The van der Waals surface area contributed by atoms with E-state index in [1.807, 2.05) is 6.07 Å². The molecular formula is C18H30Cl2N2O2. The number of hydrogen-bond donors (Lipinski definition) is 1. The molecule has 0 aromatic heterocycles. The van der Waals surface area contributed by atoms with Gasteiger partial charge in [0.2, 0.25) is 0 Å². The molecule has 4 nitrogen and oxygen atoms in total. The molecule has 0 bridgehead atoms.